The minimum Gasteiger partial charge on any atom is -0.379 e. The van der Waals surface area contributed by atoms with Crippen molar-refractivity contribution in [1.29, 1.82) is 0 Å². The smallest absolute Gasteiger partial charge is 0.238 e. The Bertz CT molecular complexity index is 527. The Morgan fingerprint density at radius 3 is 2.61 bits per heavy atom. The summed E-state index contributed by atoms with van der Waals surface area (Å²) in [5.41, 5.74) is 0.559. The van der Waals surface area contributed by atoms with Crippen LogP contribution in [0.3, 0.4) is 0 Å². The van der Waals surface area contributed by atoms with E-state index in [1.54, 1.807) is 12.1 Å². The number of benzene rings is 1. The quantitative estimate of drug-likeness (QED) is 0.894. The Morgan fingerprint density at radius 2 is 2.00 bits per heavy atom. The van der Waals surface area contributed by atoms with Crippen molar-refractivity contribution in [2.75, 3.05) is 26.3 Å². The Balaban J connectivity index is 2.31. The van der Waals surface area contributed by atoms with Crippen molar-refractivity contribution in [3.05, 3.63) is 28.8 Å². The van der Waals surface area contributed by atoms with Gasteiger partial charge in [-0.3, -0.25) is 4.90 Å². The van der Waals surface area contributed by atoms with Gasteiger partial charge in [-0.2, -0.15) is 0 Å². The van der Waals surface area contributed by atoms with Crippen LogP contribution in [0.2, 0.25) is 5.02 Å². The number of hydrogen-bond acceptors (Lipinski definition) is 4. The van der Waals surface area contributed by atoms with Crippen molar-refractivity contribution in [3.8, 4) is 0 Å². The number of nitrogens with zero attached hydrogens (tertiary/aromatic N) is 1. The Hall–Kier alpha value is -0.660. The highest BCUT2D eigenvalue weighted by Crippen LogP contribution is 2.25. The van der Waals surface area contributed by atoms with E-state index in [9.17, 15) is 8.42 Å². The van der Waals surface area contributed by atoms with Crippen molar-refractivity contribution < 1.29 is 13.2 Å². The van der Waals surface area contributed by atoms with Crippen LogP contribution in [0, 0.1) is 0 Å². The minimum atomic E-state index is -3.75. The van der Waals surface area contributed by atoms with Gasteiger partial charge in [0.2, 0.25) is 10.0 Å². The molecule has 1 saturated heterocycles. The normalized spacial score (nSPS) is 17.9. The first-order chi connectivity index (χ1) is 8.48. The largest absolute Gasteiger partial charge is 0.379 e. The van der Waals surface area contributed by atoms with E-state index >= 15 is 0 Å². The van der Waals surface area contributed by atoms with Crippen LogP contribution >= 0.6 is 11.6 Å². The number of halogens is 1. The molecule has 0 atom stereocenters. The Morgan fingerprint density at radius 1 is 1.33 bits per heavy atom. The molecule has 0 radical (unpaired) electrons. The first-order valence-corrected chi connectivity index (χ1v) is 7.51. The summed E-state index contributed by atoms with van der Waals surface area (Å²) in [7, 11) is -3.75. The van der Waals surface area contributed by atoms with Crippen molar-refractivity contribution in [2.24, 2.45) is 5.14 Å². The van der Waals surface area contributed by atoms with Gasteiger partial charge in [0.05, 0.1) is 18.1 Å². The predicted molar refractivity (Wildman–Crippen MR) is 68.9 cm³/mol. The van der Waals surface area contributed by atoms with Crippen LogP contribution in [0.1, 0.15) is 5.56 Å². The third kappa shape index (κ3) is 3.21. The van der Waals surface area contributed by atoms with E-state index in [1.807, 2.05) is 0 Å². The van der Waals surface area contributed by atoms with Crippen molar-refractivity contribution >= 4 is 21.6 Å². The second-order valence-electron chi connectivity index (χ2n) is 4.15. The van der Waals surface area contributed by atoms with E-state index in [2.05, 4.69) is 4.90 Å². The van der Waals surface area contributed by atoms with Gasteiger partial charge in [0.15, 0.2) is 0 Å². The van der Waals surface area contributed by atoms with E-state index in [1.165, 1.54) is 6.07 Å². The fourth-order valence-corrected chi connectivity index (χ4v) is 3.02. The number of primary sulfonamides is 1. The van der Waals surface area contributed by atoms with Crippen LogP contribution in [-0.4, -0.2) is 39.6 Å². The second kappa shape index (κ2) is 5.54. The monoisotopic (exact) mass is 290 g/mol. The van der Waals surface area contributed by atoms with Crippen LogP contribution in [-0.2, 0) is 21.3 Å². The lowest BCUT2D eigenvalue weighted by Gasteiger charge is -2.27. The minimum absolute atomic E-state index is 0.0986. The second-order valence-corrected chi connectivity index (χ2v) is 6.09. The first-order valence-electron chi connectivity index (χ1n) is 5.59. The summed E-state index contributed by atoms with van der Waals surface area (Å²) in [6.45, 7) is 3.28. The van der Waals surface area contributed by atoms with E-state index in [0.29, 0.717) is 30.3 Å². The Labute approximate surface area is 112 Å². The van der Waals surface area contributed by atoms with Gasteiger partial charge in [0.1, 0.15) is 0 Å². The molecule has 2 rings (SSSR count). The lowest BCUT2D eigenvalue weighted by molar-refractivity contribution is 0.0338. The van der Waals surface area contributed by atoms with E-state index in [4.69, 9.17) is 21.5 Å². The zero-order valence-electron chi connectivity index (χ0n) is 9.80. The van der Waals surface area contributed by atoms with E-state index < -0.39 is 10.0 Å². The molecule has 0 aliphatic carbocycles. The number of sulfonamides is 1. The molecule has 1 aliphatic rings. The average Bonchev–Trinajstić information content (AvgIpc) is 2.32. The van der Waals surface area contributed by atoms with Crippen LogP contribution in [0.25, 0.3) is 0 Å². The summed E-state index contributed by atoms with van der Waals surface area (Å²) >= 11 is 6.08. The zero-order valence-corrected chi connectivity index (χ0v) is 11.4. The molecule has 0 saturated carbocycles. The maximum atomic E-state index is 11.5. The summed E-state index contributed by atoms with van der Waals surface area (Å²) in [5, 5.41) is 5.63. The summed E-state index contributed by atoms with van der Waals surface area (Å²) < 4.78 is 28.3. The molecule has 0 bridgehead atoms. The third-order valence-electron chi connectivity index (χ3n) is 2.87. The molecule has 5 nitrogen and oxygen atoms in total. The number of nitrogens with two attached hydrogens (primary N) is 1. The number of hydrogen-bond donors (Lipinski definition) is 1. The lowest BCUT2D eigenvalue weighted by Crippen LogP contribution is -2.36. The van der Waals surface area contributed by atoms with Crippen molar-refractivity contribution in [2.45, 2.75) is 11.4 Å². The highest BCUT2D eigenvalue weighted by Gasteiger charge is 2.19. The van der Waals surface area contributed by atoms with Gasteiger partial charge in [-0.05, 0) is 12.1 Å². The fourth-order valence-electron chi connectivity index (χ4n) is 1.94. The summed E-state index contributed by atoms with van der Waals surface area (Å²) in [5.74, 6) is 0. The van der Waals surface area contributed by atoms with E-state index in [-0.39, 0.29) is 4.90 Å². The van der Waals surface area contributed by atoms with Gasteiger partial charge in [-0.15, -0.1) is 0 Å². The standard InChI is InChI=1S/C11H15ClN2O3S/c12-10-2-1-3-11(18(13,15)16)9(10)8-14-4-6-17-7-5-14/h1-3H,4-8H2,(H2,13,15,16). The maximum absolute atomic E-state index is 11.5. The van der Waals surface area contributed by atoms with Crippen LogP contribution in [0.4, 0.5) is 0 Å². The van der Waals surface area contributed by atoms with E-state index in [0.717, 1.165) is 13.1 Å². The highest BCUT2D eigenvalue weighted by atomic mass is 35.5. The Kier molecular flexibility index (Phi) is 4.24. The fraction of sp³-hybridized carbons (Fsp3) is 0.455. The molecule has 1 aromatic rings. The molecule has 0 amide bonds. The molecule has 0 unspecified atom stereocenters. The third-order valence-corrected chi connectivity index (χ3v) is 4.22. The molecule has 18 heavy (non-hydrogen) atoms. The topological polar surface area (TPSA) is 72.6 Å². The zero-order chi connectivity index (χ0) is 13.2. The predicted octanol–water partition coefficient (Wildman–Crippen LogP) is 0.820. The highest BCUT2D eigenvalue weighted by molar-refractivity contribution is 7.89. The molecule has 2 N–H and O–H groups in total. The number of morpholine rings is 1. The number of ether oxygens (including phenoxy) is 1. The molecule has 0 spiro atoms. The molecule has 1 fully saturated rings. The summed E-state index contributed by atoms with van der Waals surface area (Å²) in [6, 6.07) is 4.74. The molecule has 0 aromatic heterocycles. The van der Waals surface area contributed by atoms with Crippen LogP contribution < -0.4 is 5.14 Å². The van der Waals surface area contributed by atoms with Crippen molar-refractivity contribution in [1.82, 2.24) is 4.90 Å². The van der Waals surface area contributed by atoms with Gasteiger partial charge in [0, 0.05) is 30.2 Å². The maximum Gasteiger partial charge on any atom is 0.238 e. The summed E-state index contributed by atoms with van der Waals surface area (Å²) in [6.07, 6.45) is 0. The molecule has 7 heteroatoms. The average molecular weight is 291 g/mol. The van der Waals surface area contributed by atoms with Gasteiger partial charge in [-0.1, -0.05) is 17.7 Å². The molecule has 1 aromatic carbocycles. The van der Waals surface area contributed by atoms with Gasteiger partial charge >= 0.3 is 0 Å². The summed E-state index contributed by atoms with van der Waals surface area (Å²) in [4.78, 5) is 2.20. The van der Waals surface area contributed by atoms with Crippen LogP contribution in [0.15, 0.2) is 23.1 Å². The van der Waals surface area contributed by atoms with Gasteiger partial charge < -0.3 is 4.74 Å². The first kappa shape index (κ1) is 13.8. The van der Waals surface area contributed by atoms with Crippen molar-refractivity contribution in [3.63, 3.8) is 0 Å². The molecule has 1 heterocycles. The number of rotatable bonds is 3. The lowest BCUT2D eigenvalue weighted by atomic mass is 10.2. The molecular formula is C11H15ClN2O3S. The van der Waals surface area contributed by atoms with Crippen LogP contribution in [0.5, 0.6) is 0 Å². The molecule has 100 valence electrons. The molecular weight excluding hydrogens is 276 g/mol. The van der Waals surface area contributed by atoms with Gasteiger partial charge in [-0.25, -0.2) is 13.6 Å². The molecule has 1 aliphatic heterocycles. The SMILES string of the molecule is NS(=O)(=O)c1cccc(Cl)c1CN1CCOCC1. The van der Waals surface area contributed by atoms with Gasteiger partial charge in [0.25, 0.3) is 0 Å².